The molecule has 0 unspecified atom stereocenters. The van der Waals surface area contributed by atoms with Crippen molar-refractivity contribution in [3.8, 4) is 0 Å². The second-order valence-electron chi connectivity index (χ2n) is 4.31. The number of nitrogens with zero attached hydrogens (tertiary/aromatic N) is 6. The average molecular weight is 318 g/mol. The minimum absolute atomic E-state index is 0.519. The molecule has 106 valence electrons. The highest BCUT2D eigenvalue weighted by Gasteiger charge is 2.04. The summed E-state index contributed by atoms with van der Waals surface area (Å²) in [4.78, 5) is 13.2. The normalized spacial score (nSPS) is 12.7. The highest BCUT2D eigenvalue weighted by atomic mass is 32.1. The van der Waals surface area contributed by atoms with Crippen molar-refractivity contribution >= 4 is 46.2 Å². The molecule has 1 aromatic rings. The first kappa shape index (κ1) is 16.0. The van der Waals surface area contributed by atoms with Crippen LogP contribution in [0, 0.1) is 0 Å². The molecule has 19 heavy (non-hydrogen) atoms. The highest BCUT2D eigenvalue weighted by molar-refractivity contribution is 7.80. The lowest BCUT2D eigenvalue weighted by Gasteiger charge is -2.08. The first-order valence-corrected chi connectivity index (χ1v) is 7.08. The van der Waals surface area contributed by atoms with Gasteiger partial charge in [-0.05, 0) is 36.0 Å². The number of hydrogen-bond acceptors (Lipinski definition) is 3. The summed E-state index contributed by atoms with van der Waals surface area (Å²) in [5.74, 6) is 0. The summed E-state index contributed by atoms with van der Waals surface area (Å²) in [5.41, 5.74) is 0.740. The van der Waals surface area contributed by atoms with E-state index in [1.165, 1.54) is 11.5 Å². The van der Waals surface area contributed by atoms with Crippen molar-refractivity contribution in [3.63, 3.8) is 0 Å². The van der Waals surface area contributed by atoms with Crippen molar-refractivity contribution < 1.29 is 0 Å². The van der Waals surface area contributed by atoms with Crippen LogP contribution in [0.2, 0.25) is 0 Å². The maximum absolute atomic E-state index is 5.19. The van der Waals surface area contributed by atoms with Crippen molar-refractivity contribution in [2.24, 2.45) is 24.1 Å². The van der Waals surface area contributed by atoms with Gasteiger partial charge in [0.05, 0.1) is 0 Å². The van der Waals surface area contributed by atoms with Crippen LogP contribution in [-0.2, 0) is 14.1 Å². The van der Waals surface area contributed by atoms with Gasteiger partial charge in [-0.25, -0.2) is 0 Å². The van der Waals surface area contributed by atoms with E-state index < -0.39 is 0 Å². The van der Waals surface area contributed by atoms with Crippen molar-refractivity contribution in [3.05, 3.63) is 10.4 Å². The van der Waals surface area contributed by atoms with Crippen LogP contribution in [-0.4, -0.2) is 56.7 Å². The zero-order valence-electron chi connectivity index (χ0n) is 11.9. The van der Waals surface area contributed by atoms with Crippen molar-refractivity contribution in [2.45, 2.75) is 0 Å². The third kappa shape index (κ3) is 3.95. The molecule has 0 saturated heterocycles. The predicted molar refractivity (Wildman–Crippen MR) is 86.0 cm³/mol. The second kappa shape index (κ2) is 6.40. The summed E-state index contributed by atoms with van der Waals surface area (Å²) in [6.45, 7) is 0. The summed E-state index contributed by atoms with van der Waals surface area (Å²) in [5, 5.41) is 1.05. The topological polar surface area (TPSA) is 41.1 Å². The van der Waals surface area contributed by atoms with E-state index in [4.69, 9.17) is 24.4 Å². The fourth-order valence-corrected chi connectivity index (χ4v) is 2.18. The second-order valence-corrected chi connectivity index (χ2v) is 6.13. The number of rotatable bonds is 0. The Balaban J connectivity index is 3.38. The Labute approximate surface area is 127 Å². The van der Waals surface area contributed by atoms with Gasteiger partial charge >= 0.3 is 0 Å². The molecule has 0 N–H and O–H groups in total. The van der Waals surface area contributed by atoms with E-state index in [0.29, 0.717) is 10.2 Å². The minimum atomic E-state index is 0.519. The molecular weight excluding hydrogens is 300 g/mol. The molecule has 0 bridgehead atoms. The third-order valence-corrected chi connectivity index (χ3v) is 4.12. The molecule has 1 heterocycles. The molecule has 0 fully saturated rings. The van der Waals surface area contributed by atoms with E-state index in [9.17, 15) is 0 Å². The Bertz CT molecular complexity index is 616. The van der Waals surface area contributed by atoms with Crippen LogP contribution in [0.1, 0.15) is 0 Å². The third-order valence-electron chi connectivity index (χ3n) is 2.24. The molecule has 0 radical (unpaired) electrons. The largest absolute Gasteiger partial charge is 0.353 e. The lowest BCUT2D eigenvalue weighted by atomic mass is 10.8. The molecule has 9 heteroatoms. The fraction of sp³-hybridized carbons (Fsp3) is 0.600. The summed E-state index contributed by atoms with van der Waals surface area (Å²) < 4.78 is 3.78. The summed E-state index contributed by atoms with van der Waals surface area (Å²) in [7, 11) is 11.3. The molecule has 6 nitrogen and oxygen atoms in total. The Morgan fingerprint density at radius 1 is 1.00 bits per heavy atom. The van der Waals surface area contributed by atoms with Gasteiger partial charge in [-0.1, -0.05) is 0 Å². The van der Waals surface area contributed by atoms with E-state index in [2.05, 4.69) is 9.98 Å². The lowest BCUT2D eigenvalue weighted by molar-refractivity contribution is 0.617. The molecule has 0 aliphatic rings. The first-order valence-electron chi connectivity index (χ1n) is 5.49. The van der Waals surface area contributed by atoms with E-state index in [-0.39, 0.29) is 0 Å². The minimum Gasteiger partial charge on any atom is -0.353 e. The molecule has 0 aliphatic heterocycles. The number of thiocarbonyl (C=S) groups is 2. The maximum atomic E-state index is 5.19. The first-order chi connectivity index (χ1) is 8.73. The van der Waals surface area contributed by atoms with Crippen LogP contribution in [0.3, 0.4) is 0 Å². The molecule has 0 spiro atoms. The van der Waals surface area contributed by atoms with Gasteiger partial charge in [-0.3, -0.25) is 8.52 Å². The van der Waals surface area contributed by atoms with Gasteiger partial charge in [-0.2, -0.15) is 9.98 Å². The smallest absolute Gasteiger partial charge is 0.223 e. The summed E-state index contributed by atoms with van der Waals surface area (Å²) in [6.07, 6.45) is 0. The van der Waals surface area contributed by atoms with Crippen LogP contribution in [0.4, 0.5) is 0 Å². The van der Waals surface area contributed by atoms with E-state index in [1.54, 1.807) is 9.80 Å². The quantitative estimate of drug-likeness (QED) is 0.628. The van der Waals surface area contributed by atoms with Gasteiger partial charge in [-0.15, -0.1) is 0 Å². The predicted octanol–water partition coefficient (Wildman–Crippen LogP) is -0.0805. The Morgan fingerprint density at radius 3 is 1.95 bits per heavy atom. The Kier molecular flexibility index (Phi) is 5.39. The standard InChI is InChI=1S/C10H18N6S3/c1-13(2)8(17)11-7-15(5)10(19-16(7)6)12-9(18)14(3)4/h1-6H3/b11-7+,12-10-. The molecule has 0 atom stereocenters. The van der Waals surface area contributed by atoms with Gasteiger partial charge in [0, 0.05) is 42.3 Å². The van der Waals surface area contributed by atoms with Crippen LogP contribution in [0.15, 0.2) is 9.98 Å². The van der Waals surface area contributed by atoms with E-state index in [0.717, 1.165) is 10.4 Å². The van der Waals surface area contributed by atoms with Crippen molar-refractivity contribution in [1.29, 1.82) is 0 Å². The van der Waals surface area contributed by atoms with E-state index >= 15 is 0 Å². The van der Waals surface area contributed by atoms with Crippen LogP contribution >= 0.6 is 36.0 Å². The van der Waals surface area contributed by atoms with Gasteiger partial charge in [0.2, 0.25) is 10.4 Å². The van der Waals surface area contributed by atoms with Gasteiger partial charge in [0.15, 0.2) is 10.2 Å². The monoisotopic (exact) mass is 318 g/mol. The Morgan fingerprint density at radius 2 is 1.47 bits per heavy atom. The van der Waals surface area contributed by atoms with Crippen LogP contribution < -0.4 is 10.4 Å². The van der Waals surface area contributed by atoms with Crippen molar-refractivity contribution in [1.82, 2.24) is 18.3 Å². The lowest BCUT2D eigenvalue weighted by Crippen LogP contribution is -2.31. The maximum Gasteiger partial charge on any atom is 0.223 e. The fourth-order valence-electron chi connectivity index (χ4n) is 1.13. The molecule has 0 saturated carbocycles. The average Bonchev–Trinajstić information content (AvgIpc) is 2.56. The summed E-state index contributed by atoms with van der Waals surface area (Å²) in [6, 6.07) is 0. The summed E-state index contributed by atoms with van der Waals surface area (Å²) >= 11 is 11.8. The number of hydrogen-bond donors (Lipinski definition) is 0. The van der Waals surface area contributed by atoms with E-state index in [1.807, 2.05) is 50.8 Å². The Hall–Kier alpha value is -1.06. The molecular formula is C10H18N6S3. The molecule has 0 aromatic carbocycles. The molecule has 0 aliphatic carbocycles. The molecule has 0 amide bonds. The zero-order valence-corrected chi connectivity index (χ0v) is 14.4. The highest BCUT2D eigenvalue weighted by Crippen LogP contribution is 1.88. The molecule has 1 aromatic heterocycles. The van der Waals surface area contributed by atoms with Gasteiger partial charge < -0.3 is 9.80 Å². The van der Waals surface area contributed by atoms with Gasteiger partial charge in [0.25, 0.3) is 0 Å². The van der Waals surface area contributed by atoms with Gasteiger partial charge in [0.1, 0.15) is 0 Å². The van der Waals surface area contributed by atoms with Crippen molar-refractivity contribution in [2.75, 3.05) is 28.2 Å². The van der Waals surface area contributed by atoms with Crippen LogP contribution in [0.5, 0.6) is 0 Å². The number of aryl methyl sites for hydroxylation is 1. The van der Waals surface area contributed by atoms with Crippen LogP contribution in [0.25, 0.3) is 0 Å². The number of aromatic nitrogens is 2. The molecule has 1 rings (SSSR count). The zero-order chi connectivity index (χ0) is 14.7. The SMILES string of the molecule is CN(C)C(=S)/N=c1\sn(C)/c(=N/C(=S)N(C)C)n1C.